The average molecular weight is 318 g/mol. The Balaban J connectivity index is 2.73. The number of hydrogen-bond donors (Lipinski definition) is 0. The topological polar surface area (TPSA) is 46.2 Å². The maximum atomic E-state index is 6.22. The van der Waals surface area contributed by atoms with Gasteiger partial charge in [-0.25, -0.2) is 0 Å². The lowest BCUT2D eigenvalue weighted by Gasteiger charge is -2.32. The first-order valence-electron chi connectivity index (χ1n) is 8.11. The average Bonchev–Trinajstić information content (AvgIpc) is 2.62. The fourth-order valence-corrected chi connectivity index (χ4v) is 2.42. The second kappa shape index (κ2) is 8.06. The van der Waals surface area contributed by atoms with Gasteiger partial charge in [0.05, 0.1) is 37.1 Å². The summed E-state index contributed by atoms with van der Waals surface area (Å²) in [6.07, 6.45) is -0.407. The Kier molecular flexibility index (Phi) is 7.27. The Hall–Kier alpha value is -0.200. The number of rotatable bonds is 7. The lowest BCUT2D eigenvalue weighted by molar-refractivity contribution is -0.145. The van der Waals surface area contributed by atoms with Crippen molar-refractivity contribution < 1.29 is 23.7 Å². The quantitative estimate of drug-likeness (QED) is 0.676. The molecule has 0 N–H and O–H groups in total. The van der Waals surface area contributed by atoms with Crippen LogP contribution in [0, 0.1) is 0 Å². The van der Waals surface area contributed by atoms with E-state index < -0.39 is 0 Å². The Morgan fingerprint density at radius 1 is 0.909 bits per heavy atom. The van der Waals surface area contributed by atoms with Gasteiger partial charge in [-0.2, -0.15) is 0 Å². The second-order valence-corrected chi connectivity index (χ2v) is 7.83. The standard InChI is InChI=1S/C17H34O5/c1-12-14(19-10-9-18-8)15(22-17(5,6)7)13(21-12)11-20-16(2,3)4/h12-15H,9-11H2,1-8H3/t12-,13+,14+,15?/m0/s1. The van der Waals surface area contributed by atoms with E-state index in [4.69, 9.17) is 23.7 Å². The van der Waals surface area contributed by atoms with Crippen LogP contribution in [0.2, 0.25) is 0 Å². The summed E-state index contributed by atoms with van der Waals surface area (Å²) in [6, 6.07) is 0. The van der Waals surface area contributed by atoms with Gasteiger partial charge in [-0.1, -0.05) is 0 Å². The molecular weight excluding hydrogens is 284 g/mol. The number of methoxy groups -OCH3 is 1. The fraction of sp³-hybridized carbons (Fsp3) is 1.00. The zero-order valence-electron chi connectivity index (χ0n) is 15.5. The van der Waals surface area contributed by atoms with E-state index in [1.54, 1.807) is 7.11 Å². The third-order valence-corrected chi connectivity index (χ3v) is 3.31. The van der Waals surface area contributed by atoms with Gasteiger partial charge in [-0.05, 0) is 48.5 Å². The van der Waals surface area contributed by atoms with Crippen LogP contribution in [0.3, 0.4) is 0 Å². The highest BCUT2D eigenvalue weighted by molar-refractivity contribution is 4.93. The van der Waals surface area contributed by atoms with Gasteiger partial charge in [0.15, 0.2) is 0 Å². The largest absolute Gasteiger partial charge is 0.382 e. The van der Waals surface area contributed by atoms with Gasteiger partial charge in [0.1, 0.15) is 18.3 Å². The molecule has 0 bridgehead atoms. The van der Waals surface area contributed by atoms with Crippen molar-refractivity contribution in [2.45, 2.75) is 84.1 Å². The summed E-state index contributed by atoms with van der Waals surface area (Å²) in [4.78, 5) is 0. The summed E-state index contributed by atoms with van der Waals surface area (Å²) in [5, 5.41) is 0. The summed E-state index contributed by atoms with van der Waals surface area (Å²) in [5.41, 5.74) is -0.463. The lowest BCUT2D eigenvalue weighted by atomic mass is 10.1. The Bertz CT molecular complexity index is 318. The first-order chi connectivity index (χ1) is 10.0. The normalized spacial score (nSPS) is 30.0. The van der Waals surface area contributed by atoms with Crippen molar-refractivity contribution >= 4 is 0 Å². The first kappa shape index (κ1) is 19.8. The van der Waals surface area contributed by atoms with Crippen molar-refractivity contribution in [3.8, 4) is 0 Å². The molecule has 4 atom stereocenters. The van der Waals surface area contributed by atoms with E-state index in [-0.39, 0.29) is 35.6 Å². The van der Waals surface area contributed by atoms with Crippen LogP contribution < -0.4 is 0 Å². The Morgan fingerprint density at radius 2 is 1.55 bits per heavy atom. The van der Waals surface area contributed by atoms with Crippen LogP contribution in [-0.4, -0.2) is 62.5 Å². The van der Waals surface area contributed by atoms with Crippen molar-refractivity contribution in [2.75, 3.05) is 26.9 Å². The molecule has 5 nitrogen and oxygen atoms in total. The molecule has 132 valence electrons. The van der Waals surface area contributed by atoms with Gasteiger partial charge in [0, 0.05) is 7.11 Å². The van der Waals surface area contributed by atoms with E-state index in [1.807, 2.05) is 48.5 Å². The molecular formula is C17H34O5. The molecule has 5 heteroatoms. The van der Waals surface area contributed by atoms with Gasteiger partial charge < -0.3 is 23.7 Å². The third kappa shape index (κ3) is 6.92. The molecule has 22 heavy (non-hydrogen) atoms. The fourth-order valence-electron chi connectivity index (χ4n) is 2.42. The second-order valence-electron chi connectivity index (χ2n) is 7.83. The highest BCUT2D eigenvalue weighted by Gasteiger charge is 2.46. The van der Waals surface area contributed by atoms with Gasteiger partial charge in [0.2, 0.25) is 0 Å². The van der Waals surface area contributed by atoms with Gasteiger partial charge in [0.25, 0.3) is 0 Å². The van der Waals surface area contributed by atoms with E-state index >= 15 is 0 Å². The molecule has 0 saturated carbocycles. The monoisotopic (exact) mass is 318 g/mol. The molecule has 1 heterocycles. The molecule has 0 radical (unpaired) electrons. The summed E-state index contributed by atoms with van der Waals surface area (Å²) in [7, 11) is 1.67. The molecule has 0 spiro atoms. The number of hydrogen-bond acceptors (Lipinski definition) is 5. The summed E-state index contributed by atoms with van der Waals surface area (Å²) < 4.78 is 29.2. The SMILES string of the molecule is COCCO[C@H]1C(OC(C)(C)C)[C@@H](COC(C)(C)C)O[C@H]1C. The zero-order valence-corrected chi connectivity index (χ0v) is 15.5. The summed E-state index contributed by atoms with van der Waals surface area (Å²) in [5.74, 6) is 0. The smallest absolute Gasteiger partial charge is 0.115 e. The van der Waals surface area contributed by atoms with Gasteiger partial charge >= 0.3 is 0 Å². The van der Waals surface area contributed by atoms with Crippen molar-refractivity contribution in [3.63, 3.8) is 0 Å². The van der Waals surface area contributed by atoms with Crippen LogP contribution in [0.4, 0.5) is 0 Å². The van der Waals surface area contributed by atoms with Crippen LogP contribution in [0.5, 0.6) is 0 Å². The molecule has 1 fully saturated rings. The van der Waals surface area contributed by atoms with Crippen LogP contribution in [0.1, 0.15) is 48.5 Å². The molecule has 1 rings (SSSR count). The summed E-state index contributed by atoms with van der Waals surface area (Å²) in [6.45, 7) is 15.9. The Labute approximate surface area is 135 Å². The first-order valence-corrected chi connectivity index (χ1v) is 8.11. The maximum absolute atomic E-state index is 6.22. The highest BCUT2D eigenvalue weighted by atomic mass is 16.6. The van der Waals surface area contributed by atoms with Crippen molar-refractivity contribution in [1.82, 2.24) is 0 Å². The van der Waals surface area contributed by atoms with Crippen LogP contribution >= 0.6 is 0 Å². The lowest BCUT2D eigenvalue weighted by Crippen LogP contribution is -2.44. The predicted octanol–water partition coefficient (Wildman–Crippen LogP) is 2.80. The third-order valence-electron chi connectivity index (χ3n) is 3.31. The Morgan fingerprint density at radius 3 is 2.05 bits per heavy atom. The minimum Gasteiger partial charge on any atom is -0.382 e. The molecule has 0 aromatic heterocycles. The van der Waals surface area contributed by atoms with E-state index in [2.05, 4.69) is 0 Å². The minimum absolute atomic E-state index is 0.0298. The van der Waals surface area contributed by atoms with E-state index in [0.29, 0.717) is 19.8 Å². The zero-order chi connectivity index (χ0) is 17.0. The molecule has 1 aliphatic rings. The maximum Gasteiger partial charge on any atom is 0.115 e. The molecule has 0 aromatic rings. The van der Waals surface area contributed by atoms with E-state index in [9.17, 15) is 0 Å². The van der Waals surface area contributed by atoms with E-state index in [1.165, 1.54) is 0 Å². The van der Waals surface area contributed by atoms with Crippen molar-refractivity contribution in [2.24, 2.45) is 0 Å². The number of ether oxygens (including phenoxy) is 5. The van der Waals surface area contributed by atoms with Gasteiger partial charge in [-0.15, -0.1) is 0 Å². The molecule has 1 unspecified atom stereocenters. The highest BCUT2D eigenvalue weighted by Crippen LogP contribution is 2.30. The molecule has 0 aromatic carbocycles. The minimum atomic E-state index is -0.263. The predicted molar refractivity (Wildman–Crippen MR) is 86.3 cm³/mol. The molecule has 0 aliphatic carbocycles. The van der Waals surface area contributed by atoms with Crippen LogP contribution in [-0.2, 0) is 23.7 Å². The van der Waals surface area contributed by atoms with Crippen LogP contribution in [0.15, 0.2) is 0 Å². The molecule has 1 saturated heterocycles. The van der Waals surface area contributed by atoms with Crippen molar-refractivity contribution in [3.05, 3.63) is 0 Å². The van der Waals surface area contributed by atoms with Crippen molar-refractivity contribution in [1.29, 1.82) is 0 Å². The molecule has 0 amide bonds. The summed E-state index contributed by atoms with van der Waals surface area (Å²) >= 11 is 0. The van der Waals surface area contributed by atoms with Crippen LogP contribution in [0.25, 0.3) is 0 Å². The van der Waals surface area contributed by atoms with Gasteiger partial charge in [-0.3, -0.25) is 0 Å². The van der Waals surface area contributed by atoms with E-state index in [0.717, 1.165) is 0 Å². The molecule has 1 aliphatic heterocycles.